The van der Waals surface area contributed by atoms with Crippen LogP contribution in [0.2, 0.25) is 0 Å². The van der Waals surface area contributed by atoms with E-state index >= 15 is 0 Å². The Morgan fingerprint density at radius 1 is 1.27 bits per heavy atom. The molecule has 1 unspecified atom stereocenters. The molecule has 0 aliphatic heterocycles. The number of aliphatic hydroxyl groups is 1. The van der Waals surface area contributed by atoms with Crippen molar-refractivity contribution in [3.8, 4) is 0 Å². The van der Waals surface area contributed by atoms with Crippen LogP contribution in [-0.2, 0) is 20.9 Å². The minimum Gasteiger partial charge on any atom is -0.459 e. The van der Waals surface area contributed by atoms with E-state index in [-0.39, 0.29) is 25.4 Å². The van der Waals surface area contributed by atoms with Crippen molar-refractivity contribution in [3.63, 3.8) is 0 Å². The third-order valence-electron chi connectivity index (χ3n) is 4.99. The number of hydrogen-bond acceptors (Lipinski definition) is 4. The number of amides is 1. The van der Waals surface area contributed by atoms with Crippen LogP contribution in [0.4, 0.5) is 13.2 Å². The van der Waals surface area contributed by atoms with Crippen molar-refractivity contribution in [1.82, 2.24) is 5.32 Å². The van der Waals surface area contributed by atoms with Crippen molar-refractivity contribution in [2.45, 2.75) is 43.2 Å². The standard InChI is InChI=1S/C18H18F3NO4/c19-18(20,21)14(23)22-17(10-12-6-8-16(17,25)9-7-12)15(24)26-11-13-4-2-1-3-5-13/h1-6,8,12,25H,7,9-11H2,(H,22,23)/t12-,16-,17?/m1/s1. The number of benzene rings is 1. The molecule has 1 amide bonds. The quantitative estimate of drug-likeness (QED) is 0.631. The summed E-state index contributed by atoms with van der Waals surface area (Å²) in [6.45, 7) is -0.173. The summed E-state index contributed by atoms with van der Waals surface area (Å²) in [6, 6.07) is 8.60. The predicted octanol–water partition coefficient (Wildman–Crippen LogP) is 2.25. The van der Waals surface area contributed by atoms with Crippen molar-refractivity contribution in [2.24, 2.45) is 5.92 Å². The van der Waals surface area contributed by atoms with E-state index in [9.17, 15) is 27.9 Å². The van der Waals surface area contributed by atoms with Crippen LogP contribution in [0, 0.1) is 5.92 Å². The Bertz CT molecular complexity index is 734. The maximum atomic E-state index is 12.8. The largest absolute Gasteiger partial charge is 0.471 e. The van der Waals surface area contributed by atoms with Gasteiger partial charge < -0.3 is 15.2 Å². The molecule has 4 rings (SSSR count). The summed E-state index contributed by atoms with van der Waals surface area (Å²) >= 11 is 0. The maximum absolute atomic E-state index is 12.8. The van der Waals surface area contributed by atoms with Crippen molar-refractivity contribution >= 4 is 11.9 Å². The first-order valence-corrected chi connectivity index (χ1v) is 8.18. The topological polar surface area (TPSA) is 75.6 Å². The van der Waals surface area contributed by atoms with E-state index in [2.05, 4.69) is 0 Å². The third-order valence-corrected chi connectivity index (χ3v) is 4.99. The summed E-state index contributed by atoms with van der Waals surface area (Å²) in [5.74, 6) is -3.57. The molecule has 26 heavy (non-hydrogen) atoms. The average Bonchev–Trinajstić information content (AvgIpc) is 2.60. The normalized spacial score (nSPS) is 30.1. The van der Waals surface area contributed by atoms with Crippen LogP contribution >= 0.6 is 0 Å². The summed E-state index contributed by atoms with van der Waals surface area (Å²) in [5.41, 5.74) is -3.44. The SMILES string of the molecule is O=C(NC1(C(=O)OCc2ccccc2)C[C@@H]2C=C[C@@]1(O)CC2)C(F)(F)F. The van der Waals surface area contributed by atoms with Crippen molar-refractivity contribution in [3.05, 3.63) is 48.0 Å². The number of carbonyl (C=O) groups excluding carboxylic acids is 2. The zero-order valence-corrected chi connectivity index (χ0v) is 13.8. The predicted molar refractivity (Wildman–Crippen MR) is 84.6 cm³/mol. The fourth-order valence-electron chi connectivity index (χ4n) is 3.56. The molecule has 8 heteroatoms. The fourth-order valence-corrected chi connectivity index (χ4v) is 3.56. The second-order valence-corrected chi connectivity index (χ2v) is 6.71. The second kappa shape index (κ2) is 6.42. The van der Waals surface area contributed by atoms with Crippen LogP contribution in [0.25, 0.3) is 0 Å². The first-order chi connectivity index (χ1) is 12.2. The van der Waals surface area contributed by atoms with Gasteiger partial charge in [0.05, 0.1) is 0 Å². The second-order valence-electron chi connectivity index (χ2n) is 6.71. The molecule has 3 atom stereocenters. The van der Waals surface area contributed by atoms with Crippen LogP contribution in [0.15, 0.2) is 42.5 Å². The van der Waals surface area contributed by atoms with Gasteiger partial charge in [-0.05, 0) is 30.7 Å². The number of allylic oxidation sites excluding steroid dienone is 1. The summed E-state index contributed by atoms with van der Waals surface area (Å²) in [5, 5.41) is 12.6. The van der Waals surface area contributed by atoms with E-state index in [4.69, 9.17) is 4.74 Å². The zero-order valence-electron chi connectivity index (χ0n) is 13.8. The highest BCUT2D eigenvalue weighted by Crippen LogP contribution is 2.47. The highest BCUT2D eigenvalue weighted by atomic mass is 19.4. The van der Waals surface area contributed by atoms with Gasteiger partial charge in [0.25, 0.3) is 0 Å². The van der Waals surface area contributed by atoms with Gasteiger partial charge in [0, 0.05) is 0 Å². The Balaban J connectivity index is 1.87. The number of carbonyl (C=O) groups is 2. The highest BCUT2D eigenvalue weighted by Gasteiger charge is 2.63. The lowest BCUT2D eigenvalue weighted by Gasteiger charge is -2.52. The lowest BCUT2D eigenvalue weighted by molar-refractivity contribution is -0.188. The van der Waals surface area contributed by atoms with Crippen LogP contribution in [-0.4, -0.2) is 34.3 Å². The molecule has 3 aliphatic carbocycles. The maximum Gasteiger partial charge on any atom is 0.471 e. The Hall–Kier alpha value is -2.35. The van der Waals surface area contributed by atoms with Gasteiger partial charge in [0.15, 0.2) is 5.54 Å². The number of rotatable bonds is 4. The summed E-state index contributed by atoms with van der Waals surface area (Å²) in [6.07, 6.45) is -1.79. The van der Waals surface area contributed by atoms with Crippen LogP contribution in [0.1, 0.15) is 24.8 Å². The van der Waals surface area contributed by atoms with Gasteiger partial charge in [-0.3, -0.25) is 4.79 Å². The smallest absolute Gasteiger partial charge is 0.459 e. The molecule has 1 fully saturated rings. The molecule has 5 nitrogen and oxygen atoms in total. The summed E-state index contributed by atoms with van der Waals surface area (Å²) in [4.78, 5) is 24.3. The lowest BCUT2D eigenvalue weighted by Crippen LogP contribution is -2.73. The van der Waals surface area contributed by atoms with E-state index in [1.54, 1.807) is 41.7 Å². The van der Waals surface area contributed by atoms with Gasteiger partial charge in [-0.15, -0.1) is 0 Å². The molecule has 0 aromatic heterocycles. The molecule has 1 saturated carbocycles. The Morgan fingerprint density at radius 2 is 1.96 bits per heavy atom. The van der Waals surface area contributed by atoms with Crippen molar-refractivity contribution in [1.29, 1.82) is 0 Å². The van der Waals surface area contributed by atoms with E-state index in [0.29, 0.717) is 12.0 Å². The van der Waals surface area contributed by atoms with Gasteiger partial charge in [-0.1, -0.05) is 42.5 Å². The molecule has 0 spiro atoms. The van der Waals surface area contributed by atoms with Gasteiger partial charge >= 0.3 is 18.1 Å². The Labute approximate surface area is 147 Å². The van der Waals surface area contributed by atoms with Gasteiger partial charge in [-0.2, -0.15) is 13.2 Å². The summed E-state index contributed by atoms with van der Waals surface area (Å²) in [7, 11) is 0. The van der Waals surface area contributed by atoms with Crippen LogP contribution in [0.3, 0.4) is 0 Å². The highest BCUT2D eigenvalue weighted by molar-refractivity contribution is 5.92. The van der Waals surface area contributed by atoms with Gasteiger partial charge in [-0.25, -0.2) is 4.79 Å². The number of esters is 1. The van der Waals surface area contributed by atoms with E-state index in [0.717, 1.165) is 0 Å². The minimum absolute atomic E-state index is 0.0622. The molecule has 0 heterocycles. The average molecular weight is 369 g/mol. The first-order valence-electron chi connectivity index (χ1n) is 8.18. The molecule has 0 radical (unpaired) electrons. The number of nitrogens with one attached hydrogen (secondary N) is 1. The number of ether oxygens (including phenoxy) is 1. The minimum atomic E-state index is -5.18. The first kappa shape index (κ1) is 18.4. The molecular formula is C18H18F3NO4. The molecule has 1 aromatic carbocycles. The molecule has 3 aliphatic rings. The molecule has 2 N–H and O–H groups in total. The molecule has 1 aromatic rings. The van der Waals surface area contributed by atoms with E-state index < -0.39 is 29.2 Å². The van der Waals surface area contributed by atoms with E-state index in [1.165, 1.54) is 6.08 Å². The number of fused-ring (bicyclic) bond motifs is 2. The fraction of sp³-hybridized carbons (Fsp3) is 0.444. The monoisotopic (exact) mass is 369 g/mol. The van der Waals surface area contributed by atoms with Gasteiger partial charge in [0.2, 0.25) is 0 Å². The summed E-state index contributed by atoms with van der Waals surface area (Å²) < 4.78 is 43.6. The van der Waals surface area contributed by atoms with Crippen molar-refractivity contribution < 1.29 is 32.6 Å². The number of hydrogen-bond donors (Lipinski definition) is 2. The molecule has 140 valence electrons. The van der Waals surface area contributed by atoms with Gasteiger partial charge in [0.1, 0.15) is 12.2 Å². The third kappa shape index (κ3) is 3.21. The number of alkyl halides is 3. The van der Waals surface area contributed by atoms with Crippen LogP contribution < -0.4 is 5.32 Å². The van der Waals surface area contributed by atoms with E-state index in [1.807, 2.05) is 0 Å². The molecule has 0 saturated heterocycles. The lowest BCUT2D eigenvalue weighted by atomic mass is 9.61. The number of halogens is 3. The van der Waals surface area contributed by atoms with Crippen LogP contribution in [0.5, 0.6) is 0 Å². The molecule has 2 bridgehead atoms. The Kier molecular flexibility index (Phi) is 4.56. The van der Waals surface area contributed by atoms with Crippen molar-refractivity contribution in [2.75, 3.05) is 0 Å². The molecular weight excluding hydrogens is 351 g/mol. The Morgan fingerprint density at radius 3 is 2.50 bits per heavy atom. The zero-order chi connectivity index (χ0) is 19.0.